The molecule has 0 saturated carbocycles. The van der Waals surface area contributed by atoms with Crippen LogP contribution in [0.5, 0.6) is 11.5 Å². The van der Waals surface area contributed by atoms with E-state index in [4.69, 9.17) is 9.47 Å². The van der Waals surface area contributed by atoms with Crippen molar-refractivity contribution in [2.45, 2.75) is 142 Å². The first-order valence-corrected chi connectivity index (χ1v) is 16.7. The van der Waals surface area contributed by atoms with E-state index in [0.717, 1.165) is 48.9 Å². The second-order valence-corrected chi connectivity index (χ2v) is 11.2. The zero-order chi connectivity index (χ0) is 28.4. The molecule has 2 aromatic rings. The Kier molecular flexibility index (Phi) is 20.7. The van der Waals surface area contributed by atoms with E-state index in [2.05, 4.69) is 24.1 Å². The number of nitrogens with zero attached hydrogens (tertiary/aromatic N) is 2. The van der Waals surface area contributed by atoms with Gasteiger partial charge in [0.1, 0.15) is 11.5 Å². The first-order chi connectivity index (χ1) is 19.8. The Morgan fingerprint density at radius 1 is 0.375 bits per heavy atom. The third-order valence-electron chi connectivity index (χ3n) is 7.49. The fraction of sp³-hybridized carbons (Fsp3) is 0.667. The molecule has 224 valence electrons. The van der Waals surface area contributed by atoms with E-state index in [0.29, 0.717) is 0 Å². The monoisotopic (exact) mass is 550 g/mol. The maximum absolute atomic E-state index is 5.90. The van der Waals surface area contributed by atoms with Gasteiger partial charge in [-0.05, 0) is 61.4 Å². The summed E-state index contributed by atoms with van der Waals surface area (Å²) >= 11 is 0. The van der Waals surface area contributed by atoms with Crippen molar-refractivity contribution in [1.29, 1.82) is 0 Å². The Bertz CT molecular complexity index is 777. The zero-order valence-electron chi connectivity index (χ0n) is 25.9. The smallest absolute Gasteiger partial charge is 0.119 e. The normalized spacial score (nSPS) is 11.3. The molecule has 0 spiro atoms. The molecular formula is C36H58N2O2. The Hall–Kier alpha value is -2.36. The number of ether oxygens (including phenoxy) is 2. The number of hydrogen-bond donors (Lipinski definition) is 0. The van der Waals surface area contributed by atoms with Crippen LogP contribution in [-0.2, 0) is 0 Å². The lowest BCUT2D eigenvalue weighted by molar-refractivity contribution is 0.304. The maximum atomic E-state index is 5.90. The van der Waals surface area contributed by atoms with Crippen LogP contribution in [-0.4, -0.2) is 13.2 Å². The molecular weight excluding hydrogens is 492 g/mol. The summed E-state index contributed by atoms with van der Waals surface area (Å²) in [5, 5.41) is 8.74. The van der Waals surface area contributed by atoms with E-state index in [1.54, 1.807) is 0 Å². The molecule has 0 aliphatic heterocycles. The Morgan fingerprint density at radius 2 is 0.650 bits per heavy atom. The van der Waals surface area contributed by atoms with Crippen LogP contribution in [0.3, 0.4) is 0 Å². The van der Waals surface area contributed by atoms with Crippen molar-refractivity contribution in [3.05, 3.63) is 48.5 Å². The fourth-order valence-corrected chi connectivity index (χ4v) is 4.89. The van der Waals surface area contributed by atoms with Crippen molar-refractivity contribution in [1.82, 2.24) is 0 Å². The number of hydrogen-bond acceptors (Lipinski definition) is 4. The van der Waals surface area contributed by atoms with E-state index in [9.17, 15) is 0 Å². The van der Waals surface area contributed by atoms with Gasteiger partial charge in [-0.2, -0.15) is 10.2 Å². The second-order valence-electron chi connectivity index (χ2n) is 11.2. The first kappa shape index (κ1) is 33.8. The van der Waals surface area contributed by atoms with Gasteiger partial charge in [0.25, 0.3) is 0 Å². The molecule has 0 unspecified atom stereocenters. The van der Waals surface area contributed by atoms with Gasteiger partial charge >= 0.3 is 0 Å². The molecule has 4 nitrogen and oxygen atoms in total. The van der Waals surface area contributed by atoms with Crippen LogP contribution >= 0.6 is 0 Å². The van der Waals surface area contributed by atoms with Crippen LogP contribution in [0.4, 0.5) is 11.4 Å². The predicted molar refractivity (Wildman–Crippen MR) is 172 cm³/mol. The summed E-state index contributed by atoms with van der Waals surface area (Å²) in [4.78, 5) is 0. The fourth-order valence-electron chi connectivity index (χ4n) is 4.89. The van der Waals surface area contributed by atoms with Gasteiger partial charge in [-0.25, -0.2) is 0 Å². The standard InChI is InChI=1S/C36H58N2O2/c1-3-5-7-9-11-13-15-17-19-21-31-39-35-27-23-33(24-28-35)37-38-34-25-29-36(30-26-34)40-32-22-20-18-16-14-12-10-8-6-4-2/h23-30H,3-22,31-32H2,1-2H3/b38-37+. The summed E-state index contributed by atoms with van der Waals surface area (Å²) in [6.45, 7) is 6.12. The zero-order valence-corrected chi connectivity index (χ0v) is 25.9. The summed E-state index contributed by atoms with van der Waals surface area (Å²) in [7, 11) is 0. The van der Waals surface area contributed by atoms with Gasteiger partial charge < -0.3 is 9.47 Å². The summed E-state index contributed by atoms with van der Waals surface area (Å²) < 4.78 is 11.8. The van der Waals surface area contributed by atoms with Gasteiger partial charge in [-0.3, -0.25) is 0 Å². The van der Waals surface area contributed by atoms with E-state index in [-0.39, 0.29) is 0 Å². The van der Waals surface area contributed by atoms with Crippen molar-refractivity contribution < 1.29 is 9.47 Å². The molecule has 0 atom stereocenters. The number of benzene rings is 2. The Balaban J connectivity index is 1.50. The van der Waals surface area contributed by atoms with Crippen molar-refractivity contribution >= 4 is 11.4 Å². The Labute approximate surface area is 246 Å². The average Bonchev–Trinajstić information content (AvgIpc) is 2.99. The number of azo groups is 1. The average molecular weight is 551 g/mol. The predicted octanol–water partition coefficient (Wildman–Crippen LogP) is 12.7. The van der Waals surface area contributed by atoms with Crippen LogP contribution < -0.4 is 9.47 Å². The van der Waals surface area contributed by atoms with Crippen LogP contribution in [0.2, 0.25) is 0 Å². The van der Waals surface area contributed by atoms with Crippen molar-refractivity contribution in [2.24, 2.45) is 10.2 Å². The quantitative estimate of drug-likeness (QED) is 0.0863. The molecule has 0 radical (unpaired) electrons. The molecule has 0 bridgehead atoms. The van der Waals surface area contributed by atoms with Crippen molar-refractivity contribution in [2.75, 3.05) is 13.2 Å². The molecule has 2 rings (SSSR count). The van der Waals surface area contributed by atoms with Gasteiger partial charge in [0.05, 0.1) is 24.6 Å². The van der Waals surface area contributed by atoms with E-state index in [1.807, 2.05) is 48.5 Å². The first-order valence-electron chi connectivity index (χ1n) is 16.7. The van der Waals surface area contributed by atoms with Crippen molar-refractivity contribution in [3.8, 4) is 11.5 Å². The molecule has 2 aromatic carbocycles. The van der Waals surface area contributed by atoms with E-state index < -0.39 is 0 Å². The Morgan fingerprint density at radius 3 is 0.950 bits per heavy atom. The molecule has 0 heterocycles. The molecule has 0 aromatic heterocycles. The molecule has 0 aliphatic carbocycles. The summed E-state index contributed by atoms with van der Waals surface area (Å²) in [5.41, 5.74) is 1.65. The maximum Gasteiger partial charge on any atom is 0.119 e. The highest BCUT2D eigenvalue weighted by Crippen LogP contribution is 2.23. The van der Waals surface area contributed by atoms with Gasteiger partial charge in [0.2, 0.25) is 0 Å². The van der Waals surface area contributed by atoms with Gasteiger partial charge in [-0.1, -0.05) is 129 Å². The number of unbranched alkanes of at least 4 members (excludes halogenated alkanes) is 18. The van der Waals surface area contributed by atoms with Crippen LogP contribution in [0, 0.1) is 0 Å². The highest BCUT2D eigenvalue weighted by molar-refractivity contribution is 5.44. The topological polar surface area (TPSA) is 43.2 Å². The highest BCUT2D eigenvalue weighted by Gasteiger charge is 1.99. The third-order valence-corrected chi connectivity index (χ3v) is 7.49. The molecule has 0 fully saturated rings. The van der Waals surface area contributed by atoms with E-state index >= 15 is 0 Å². The summed E-state index contributed by atoms with van der Waals surface area (Å²) in [6, 6.07) is 15.8. The molecule has 0 amide bonds. The molecule has 0 saturated heterocycles. The molecule has 4 heteroatoms. The van der Waals surface area contributed by atoms with Gasteiger partial charge in [0, 0.05) is 0 Å². The minimum absolute atomic E-state index is 0.783. The molecule has 0 aliphatic rings. The van der Waals surface area contributed by atoms with E-state index in [1.165, 1.54) is 116 Å². The lowest BCUT2D eigenvalue weighted by Crippen LogP contribution is -1.97. The van der Waals surface area contributed by atoms with Gasteiger partial charge in [0.15, 0.2) is 0 Å². The van der Waals surface area contributed by atoms with Crippen LogP contribution in [0.15, 0.2) is 58.8 Å². The minimum atomic E-state index is 0.783. The largest absolute Gasteiger partial charge is 0.494 e. The van der Waals surface area contributed by atoms with Gasteiger partial charge in [-0.15, -0.1) is 0 Å². The van der Waals surface area contributed by atoms with Crippen LogP contribution in [0.1, 0.15) is 142 Å². The third kappa shape index (κ3) is 18.1. The minimum Gasteiger partial charge on any atom is -0.494 e. The summed E-state index contributed by atoms with van der Waals surface area (Å²) in [6.07, 6.45) is 26.8. The highest BCUT2D eigenvalue weighted by atomic mass is 16.5. The van der Waals surface area contributed by atoms with Crippen LogP contribution in [0.25, 0.3) is 0 Å². The molecule has 0 N–H and O–H groups in total. The second kappa shape index (κ2) is 24.4. The summed E-state index contributed by atoms with van der Waals surface area (Å²) in [5.74, 6) is 1.80. The lowest BCUT2D eigenvalue weighted by Gasteiger charge is -2.07. The number of rotatable bonds is 26. The molecule has 40 heavy (non-hydrogen) atoms. The SMILES string of the molecule is CCCCCCCCCCCCOc1ccc(/N=N/c2ccc(OCCCCCCCCCCCC)cc2)cc1. The lowest BCUT2D eigenvalue weighted by atomic mass is 10.1. The van der Waals surface area contributed by atoms with Crippen molar-refractivity contribution in [3.63, 3.8) is 0 Å².